The summed E-state index contributed by atoms with van der Waals surface area (Å²) < 4.78 is 28.5. The van der Waals surface area contributed by atoms with Gasteiger partial charge in [0.05, 0.1) is 10.9 Å². The minimum Gasteiger partial charge on any atom is -0.207 e. The summed E-state index contributed by atoms with van der Waals surface area (Å²) in [4.78, 5) is 0.228. The minimum atomic E-state index is -3.70. The summed E-state index contributed by atoms with van der Waals surface area (Å²) >= 11 is 6.33. The second kappa shape index (κ2) is 7.40. The van der Waals surface area contributed by atoms with Crippen LogP contribution in [-0.2, 0) is 10.0 Å². The molecular weight excluding hydrogens is 354 g/mol. The Kier molecular flexibility index (Phi) is 5.23. The third-order valence-electron chi connectivity index (χ3n) is 3.95. The zero-order chi connectivity index (χ0) is 17.9. The van der Waals surface area contributed by atoms with Crippen LogP contribution in [0.3, 0.4) is 0 Å². The van der Waals surface area contributed by atoms with Crippen LogP contribution in [-0.4, -0.2) is 8.42 Å². The molecule has 3 rings (SSSR count). The van der Waals surface area contributed by atoms with Crippen LogP contribution < -0.4 is 4.72 Å². The van der Waals surface area contributed by atoms with Crippen LogP contribution in [0.15, 0.2) is 83.8 Å². The molecule has 3 aromatic rings. The number of hydrogen-bond acceptors (Lipinski definition) is 2. The van der Waals surface area contributed by atoms with Crippen molar-refractivity contribution < 1.29 is 8.42 Å². The lowest BCUT2D eigenvalue weighted by Gasteiger charge is -2.21. The topological polar surface area (TPSA) is 46.2 Å². The highest BCUT2D eigenvalue weighted by molar-refractivity contribution is 7.89. The lowest BCUT2D eigenvalue weighted by molar-refractivity contribution is 0.572. The number of aryl methyl sites for hydroxylation is 1. The molecule has 0 saturated heterocycles. The Morgan fingerprint density at radius 3 is 2.08 bits per heavy atom. The number of nitrogens with one attached hydrogen (secondary N) is 1. The van der Waals surface area contributed by atoms with Crippen molar-refractivity contribution >= 4 is 21.6 Å². The van der Waals surface area contributed by atoms with E-state index in [4.69, 9.17) is 11.6 Å². The first-order chi connectivity index (χ1) is 12.0. The number of rotatable bonds is 5. The summed E-state index contributed by atoms with van der Waals surface area (Å²) in [5.74, 6) is 0. The fraction of sp³-hybridized carbons (Fsp3) is 0.100. The van der Waals surface area contributed by atoms with Crippen molar-refractivity contribution in [1.82, 2.24) is 4.72 Å². The number of sulfonamides is 1. The summed E-state index contributed by atoms with van der Waals surface area (Å²) in [5, 5.41) is 0.517. The average molecular weight is 372 g/mol. The molecule has 0 saturated carbocycles. The Hall–Kier alpha value is -2.14. The maximum absolute atomic E-state index is 12.9. The Morgan fingerprint density at radius 2 is 1.44 bits per heavy atom. The van der Waals surface area contributed by atoms with Crippen LogP contribution in [0, 0.1) is 6.92 Å². The fourth-order valence-electron chi connectivity index (χ4n) is 2.61. The zero-order valence-electron chi connectivity index (χ0n) is 13.7. The van der Waals surface area contributed by atoms with Crippen LogP contribution >= 0.6 is 11.6 Å². The smallest absolute Gasteiger partial charge is 0.207 e. The molecule has 0 heterocycles. The molecule has 0 bridgehead atoms. The van der Waals surface area contributed by atoms with Gasteiger partial charge in [0, 0.05) is 5.02 Å². The van der Waals surface area contributed by atoms with Gasteiger partial charge in [0.1, 0.15) is 0 Å². The van der Waals surface area contributed by atoms with Crippen molar-refractivity contribution in [3.05, 3.63) is 101 Å². The molecule has 0 radical (unpaired) electrons. The van der Waals surface area contributed by atoms with Gasteiger partial charge in [0.2, 0.25) is 10.0 Å². The fourth-order valence-corrected chi connectivity index (χ4v) is 4.06. The molecule has 25 heavy (non-hydrogen) atoms. The molecule has 0 amide bonds. The predicted molar refractivity (Wildman–Crippen MR) is 101 cm³/mol. The maximum atomic E-state index is 12.9. The molecule has 0 aromatic heterocycles. The van der Waals surface area contributed by atoms with Gasteiger partial charge < -0.3 is 0 Å². The highest BCUT2D eigenvalue weighted by Crippen LogP contribution is 2.29. The van der Waals surface area contributed by atoms with E-state index in [1.165, 1.54) is 0 Å². The van der Waals surface area contributed by atoms with Crippen LogP contribution in [0.1, 0.15) is 22.7 Å². The number of benzene rings is 3. The van der Waals surface area contributed by atoms with E-state index in [2.05, 4.69) is 4.72 Å². The van der Waals surface area contributed by atoms with E-state index in [0.717, 1.165) is 11.1 Å². The van der Waals surface area contributed by atoms with E-state index in [0.29, 0.717) is 10.6 Å². The SMILES string of the molecule is Cc1ccc(S(=O)(=O)N[C@@H](c2ccccc2)c2ccccc2Cl)cc1. The predicted octanol–water partition coefficient (Wildman–Crippen LogP) is 4.72. The van der Waals surface area contributed by atoms with Gasteiger partial charge >= 0.3 is 0 Å². The summed E-state index contributed by atoms with van der Waals surface area (Å²) in [6.07, 6.45) is 0. The van der Waals surface area contributed by atoms with Gasteiger partial charge in [-0.3, -0.25) is 0 Å². The van der Waals surface area contributed by atoms with E-state index in [9.17, 15) is 8.42 Å². The van der Waals surface area contributed by atoms with Gasteiger partial charge in [-0.05, 0) is 36.2 Å². The summed E-state index contributed by atoms with van der Waals surface area (Å²) in [7, 11) is -3.70. The standard InChI is InChI=1S/C20H18ClNO2S/c1-15-11-13-17(14-12-15)25(23,24)22-20(16-7-3-2-4-8-16)18-9-5-6-10-19(18)21/h2-14,20,22H,1H3/t20-/m0/s1. The van der Waals surface area contributed by atoms with Crippen LogP contribution in [0.25, 0.3) is 0 Å². The van der Waals surface area contributed by atoms with Gasteiger partial charge in [0.15, 0.2) is 0 Å². The zero-order valence-corrected chi connectivity index (χ0v) is 15.3. The van der Waals surface area contributed by atoms with Crippen molar-refractivity contribution in [2.45, 2.75) is 17.9 Å². The highest BCUT2D eigenvalue weighted by atomic mass is 35.5. The molecule has 0 aliphatic rings. The average Bonchev–Trinajstić information content (AvgIpc) is 2.61. The molecule has 5 heteroatoms. The van der Waals surface area contributed by atoms with Gasteiger partial charge in [-0.2, -0.15) is 4.72 Å². The third kappa shape index (κ3) is 4.10. The quantitative estimate of drug-likeness (QED) is 0.705. The first-order valence-electron chi connectivity index (χ1n) is 7.86. The second-order valence-electron chi connectivity index (χ2n) is 5.80. The number of halogens is 1. The second-order valence-corrected chi connectivity index (χ2v) is 7.92. The van der Waals surface area contributed by atoms with E-state index < -0.39 is 16.1 Å². The minimum absolute atomic E-state index is 0.228. The molecule has 3 aromatic carbocycles. The Labute approximate surface area is 153 Å². The first kappa shape index (κ1) is 17.7. The molecule has 3 nitrogen and oxygen atoms in total. The van der Waals surface area contributed by atoms with Gasteiger partial charge in [0.25, 0.3) is 0 Å². The van der Waals surface area contributed by atoms with E-state index in [1.807, 2.05) is 55.5 Å². The highest BCUT2D eigenvalue weighted by Gasteiger charge is 2.24. The van der Waals surface area contributed by atoms with Crippen molar-refractivity contribution in [3.8, 4) is 0 Å². The maximum Gasteiger partial charge on any atom is 0.241 e. The molecule has 1 N–H and O–H groups in total. The molecule has 128 valence electrons. The molecule has 0 unspecified atom stereocenters. The Bertz CT molecular complexity index is 955. The molecule has 0 fully saturated rings. The lowest BCUT2D eigenvalue weighted by Crippen LogP contribution is -2.29. The van der Waals surface area contributed by atoms with Crippen molar-refractivity contribution in [2.75, 3.05) is 0 Å². The monoisotopic (exact) mass is 371 g/mol. The molecular formula is C20H18ClNO2S. The van der Waals surface area contributed by atoms with E-state index in [-0.39, 0.29) is 4.90 Å². The van der Waals surface area contributed by atoms with Crippen molar-refractivity contribution in [3.63, 3.8) is 0 Å². The molecule has 0 aliphatic heterocycles. The van der Waals surface area contributed by atoms with Gasteiger partial charge in [-0.25, -0.2) is 8.42 Å². The van der Waals surface area contributed by atoms with Gasteiger partial charge in [-0.15, -0.1) is 0 Å². The van der Waals surface area contributed by atoms with E-state index >= 15 is 0 Å². The van der Waals surface area contributed by atoms with Crippen LogP contribution in [0.4, 0.5) is 0 Å². The molecule has 0 aliphatic carbocycles. The van der Waals surface area contributed by atoms with Crippen molar-refractivity contribution in [2.24, 2.45) is 0 Å². The van der Waals surface area contributed by atoms with Crippen molar-refractivity contribution in [1.29, 1.82) is 0 Å². The lowest BCUT2D eigenvalue weighted by atomic mass is 10.00. The molecule has 1 atom stereocenters. The van der Waals surface area contributed by atoms with Gasteiger partial charge in [-0.1, -0.05) is 77.8 Å². The third-order valence-corrected chi connectivity index (χ3v) is 5.74. The Morgan fingerprint density at radius 1 is 0.840 bits per heavy atom. The summed E-state index contributed by atoms with van der Waals surface area (Å²) in [5.41, 5.74) is 2.54. The van der Waals surface area contributed by atoms with E-state index in [1.54, 1.807) is 30.3 Å². The van der Waals surface area contributed by atoms with Crippen LogP contribution in [0.2, 0.25) is 5.02 Å². The number of hydrogen-bond donors (Lipinski definition) is 1. The normalized spacial score (nSPS) is 12.7. The largest absolute Gasteiger partial charge is 0.241 e. The molecule has 0 spiro atoms. The summed E-state index contributed by atoms with van der Waals surface area (Å²) in [6, 6.07) is 22.9. The summed E-state index contributed by atoms with van der Waals surface area (Å²) in [6.45, 7) is 1.92. The van der Waals surface area contributed by atoms with Crippen LogP contribution in [0.5, 0.6) is 0 Å². The Balaban J connectivity index is 2.04. The first-order valence-corrected chi connectivity index (χ1v) is 9.72.